The standard InChI is InChI=1S/C24H20FN5O5/c1-34-13-14-35-24-27-22(16-5-7-18(25)8-6-16)29(28-24)20-11-9-19(10-12-20)26-23(31)17-3-2-4-21(15-17)30(32)33/h2-12,15H,13-14H2,1H3,(H,26,31). The minimum atomic E-state index is -0.560. The highest BCUT2D eigenvalue weighted by molar-refractivity contribution is 6.04. The van der Waals surface area contributed by atoms with E-state index in [4.69, 9.17) is 9.47 Å². The fourth-order valence-electron chi connectivity index (χ4n) is 3.19. The zero-order chi connectivity index (χ0) is 24.8. The summed E-state index contributed by atoms with van der Waals surface area (Å²) < 4.78 is 25.5. The summed E-state index contributed by atoms with van der Waals surface area (Å²) in [4.78, 5) is 27.3. The molecule has 1 heterocycles. The minimum absolute atomic E-state index is 0.129. The first-order valence-electron chi connectivity index (χ1n) is 10.5. The molecule has 4 aromatic rings. The van der Waals surface area contributed by atoms with Crippen LogP contribution in [0.1, 0.15) is 10.4 Å². The molecule has 35 heavy (non-hydrogen) atoms. The van der Waals surface area contributed by atoms with Gasteiger partial charge in [0.05, 0.1) is 17.2 Å². The Labute approximate surface area is 199 Å². The van der Waals surface area contributed by atoms with Crippen LogP contribution in [0.5, 0.6) is 6.01 Å². The molecular formula is C24H20FN5O5. The number of carbonyl (C=O) groups is 1. The van der Waals surface area contributed by atoms with E-state index in [0.717, 1.165) is 0 Å². The normalized spacial score (nSPS) is 10.7. The van der Waals surface area contributed by atoms with Gasteiger partial charge in [-0.2, -0.15) is 4.98 Å². The van der Waals surface area contributed by atoms with Gasteiger partial charge in [-0.05, 0) is 54.6 Å². The second-order valence-electron chi connectivity index (χ2n) is 7.29. The van der Waals surface area contributed by atoms with Crippen LogP contribution in [0.2, 0.25) is 0 Å². The van der Waals surface area contributed by atoms with E-state index in [2.05, 4.69) is 15.4 Å². The van der Waals surface area contributed by atoms with Crippen molar-refractivity contribution >= 4 is 17.3 Å². The van der Waals surface area contributed by atoms with Crippen molar-refractivity contribution in [1.29, 1.82) is 0 Å². The molecule has 0 aliphatic heterocycles. The third kappa shape index (κ3) is 5.65. The third-order valence-corrected chi connectivity index (χ3v) is 4.90. The molecule has 0 bridgehead atoms. The Morgan fingerprint density at radius 2 is 1.83 bits per heavy atom. The zero-order valence-corrected chi connectivity index (χ0v) is 18.6. The second-order valence-corrected chi connectivity index (χ2v) is 7.29. The topological polar surface area (TPSA) is 121 Å². The maximum absolute atomic E-state index is 13.4. The van der Waals surface area contributed by atoms with Gasteiger partial charge in [-0.1, -0.05) is 6.07 Å². The highest BCUT2D eigenvalue weighted by Crippen LogP contribution is 2.25. The van der Waals surface area contributed by atoms with E-state index >= 15 is 0 Å². The summed E-state index contributed by atoms with van der Waals surface area (Å²) in [7, 11) is 1.55. The van der Waals surface area contributed by atoms with Crippen LogP contribution >= 0.6 is 0 Å². The summed E-state index contributed by atoms with van der Waals surface area (Å²) in [5.41, 5.74) is 1.72. The Morgan fingerprint density at radius 3 is 2.51 bits per heavy atom. The van der Waals surface area contributed by atoms with Crippen molar-refractivity contribution in [3.63, 3.8) is 0 Å². The average molecular weight is 477 g/mol. The van der Waals surface area contributed by atoms with E-state index in [9.17, 15) is 19.3 Å². The first kappa shape index (κ1) is 23.5. The number of methoxy groups -OCH3 is 1. The Kier molecular flexibility index (Phi) is 7.07. The molecule has 10 nitrogen and oxygen atoms in total. The second kappa shape index (κ2) is 10.5. The van der Waals surface area contributed by atoms with Gasteiger partial charge < -0.3 is 14.8 Å². The number of halogens is 1. The zero-order valence-electron chi connectivity index (χ0n) is 18.6. The molecule has 11 heteroatoms. The van der Waals surface area contributed by atoms with Gasteiger partial charge in [-0.15, -0.1) is 5.10 Å². The molecule has 0 aliphatic rings. The molecule has 1 aromatic heterocycles. The van der Waals surface area contributed by atoms with Crippen LogP contribution in [0.3, 0.4) is 0 Å². The monoisotopic (exact) mass is 477 g/mol. The number of hydrogen-bond acceptors (Lipinski definition) is 7. The fraction of sp³-hybridized carbons (Fsp3) is 0.125. The van der Waals surface area contributed by atoms with E-state index in [1.165, 1.54) is 36.4 Å². The van der Waals surface area contributed by atoms with Crippen LogP contribution in [0.4, 0.5) is 15.8 Å². The smallest absolute Gasteiger partial charge is 0.336 e. The number of benzene rings is 3. The minimum Gasteiger partial charge on any atom is -0.460 e. The van der Waals surface area contributed by atoms with Gasteiger partial charge in [-0.3, -0.25) is 14.9 Å². The largest absolute Gasteiger partial charge is 0.460 e. The molecule has 3 aromatic carbocycles. The van der Waals surface area contributed by atoms with Gasteiger partial charge in [-0.25, -0.2) is 9.07 Å². The molecule has 0 spiro atoms. The highest BCUT2D eigenvalue weighted by atomic mass is 19.1. The van der Waals surface area contributed by atoms with Crippen molar-refractivity contribution in [2.45, 2.75) is 0 Å². The molecule has 1 N–H and O–H groups in total. The number of nitro benzene ring substituents is 1. The lowest BCUT2D eigenvalue weighted by Crippen LogP contribution is -2.12. The predicted molar refractivity (Wildman–Crippen MR) is 125 cm³/mol. The molecule has 0 fully saturated rings. The number of carbonyl (C=O) groups excluding carboxylic acids is 1. The van der Waals surface area contributed by atoms with Crippen molar-refractivity contribution in [2.24, 2.45) is 0 Å². The Morgan fingerprint density at radius 1 is 1.09 bits per heavy atom. The molecule has 0 saturated carbocycles. The van der Waals surface area contributed by atoms with E-state index in [1.54, 1.807) is 48.2 Å². The van der Waals surface area contributed by atoms with E-state index in [1.807, 2.05) is 0 Å². The van der Waals surface area contributed by atoms with Gasteiger partial charge in [0, 0.05) is 36.1 Å². The highest BCUT2D eigenvalue weighted by Gasteiger charge is 2.16. The number of ether oxygens (including phenoxy) is 2. The summed E-state index contributed by atoms with van der Waals surface area (Å²) in [6.07, 6.45) is 0. The summed E-state index contributed by atoms with van der Waals surface area (Å²) in [6, 6.07) is 18.2. The molecule has 0 radical (unpaired) electrons. The van der Waals surface area contributed by atoms with Crippen LogP contribution in [0, 0.1) is 15.9 Å². The molecule has 0 aliphatic carbocycles. The predicted octanol–water partition coefficient (Wildman–Crippen LogP) is 4.26. The van der Waals surface area contributed by atoms with Crippen molar-refractivity contribution in [3.8, 4) is 23.1 Å². The maximum Gasteiger partial charge on any atom is 0.336 e. The molecule has 178 valence electrons. The van der Waals surface area contributed by atoms with Crippen molar-refractivity contribution in [1.82, 2.24) is 14.8 Å². The Balaban J connectivity index is 1.58. The van der Waals surface area contributed by atoms with E-state index in [-0.39, 0.29) is 29.7 Å². The Bertz CT molecular complexity index is 1340. The van der Waals surface area contributed by atoms with Gasteiger partial charge in [0.25, 0.3) is 11.6 Å². The number of aromatic nitrogens is 3. The van der Waals surface area contributed by atoms with E-state index in [0.29, 0.717) is 29.4 Å². The fourth-order valence-corrected chi connectivity index (χ4v) is 3.19. The third-order valence-electron chi connectivity index (χ3n) is 4.90. The quantitative estimate of drug-likeness (QED) is 0.217. The molecule has 1 amide bonds. The van der Waals surface area contributed by atoms with Crippen molar-refractivity contribution in [3.05, 3.63) is 94.3 Å². The molecular weight excluding hydrogens is 457 g/mol. The number of hydrogen-bond donors (Lipinski definition) is 1. The summed E-state index contributed by atoms with van der Waals surface area (Å²) in [5, 5.41) is 18.1. The SMILES string of the molecule is COCCOc1nc(-c2ccc(F)cc2)n(-c2ccc(NC(=O)c3cccc([N+](=O)[O-])c3)cc2)n1. The maximum atomic E-state index is 13.4. The lowest BCUT2D eigenvalue weighted by molar-refractivity contribution is -0.384. The number of nitrogens with zero attached hydrogens (tertiary/aromatic N) is 4. The van der Waals surface area contributed by atoms with Crippen LogP contribution in [0.25, 0.3) is 17.1 Å². The number of rotatable bonds is 9. The lowest BCUT2D eigenvalue weighted by Gasteiger charge is -2.08. The van der Waals surface area contributed by atoms with Crippen LogP contribution < -0.4 is 10.1 Å². The lowest BCUT2D eigenvalue weighted by atomic mass is 10.2. The first-order valence-corrected chi connectivity index (χ1v) is 10.5. The molecule has 4 rings (SSSR count). The summed E-state index contributed by atoms with van der Waals surface area (Å²) in [6.45, 7) is 0.616. The molecule has 0 atom stereocenters. The van der Waals surface area contributed by atoms with Gasteiger partial charge in [0.2, 0.25) is 0 Å². The van der Waals surface area contributed by atoms with Crippen LogP contribution in [0.15, 0.2) is 72.8 Å². The number of nitro groups is 1. The van der Waals surface area contributed by atoms with Gasteiger partial charge in [0.15, 0.2) is 5.82 Å². The first-order chi connectivity index (χ1) is 16.9. The number of anilines is 1. The molecule has 0 unspecified atom stereocenters. The van der Waals surface area contributed by atoms with Gasteiger partial charge in [0.1, 0.15) is 12.4 Å². The number of nitrogens with one attached hydrogen (secondary N) is 1. The van der Waals surface area contributed by atoms with Crippen molar-refractivity contribution in [2.75, 3.05) is 25.6 Å². The summed E-state index contributed by atoms with van der Waals surface area (Å²) >= 11 is 0. The average Bonchev–Trinajstić information content (AvgIpc) is 3.29. The van der Waals surface area contributed by atoms with Crippen LogP contribution in [-0.4, -0.2) is 45.9 Å². The molecule has 0 saturated heterocycles. The van der Waals surface area contributed by atoms with Gasteiger partial charge >= 0.3 is 6.01 Å². The summed E-state index contributed by atoms with van der Waals surface area (Å²) in [5.74, 6) is -0.422. The van der Waals surface area contributed by atoms with Crippen LogP contribution in [-0.2, 0) is 4.74 Å². The van der Waals surface area contributed by atoms with Crippen molar-refractivity contribution < 1.29 is 23.6 Å². The number of non-ortho nitro benzene ring substituents is 1. The Hall–Kier alpha value is -4.64. The number of amides is 1. The van der Waals surface area contributed by atoms with E-state index < -0.39 is 10.8 Å².